The van der Waals surface area contributed by atoms with Crippen molar-refractivity contribution >= 4 is 10.0 Å². The van der Waals surface area contributed by atoms with Crippen molar-refractivity contribution in [1.29, 1.82) is 0 Å². The molecule has 0 spiro atoms. The Morgan fingerprint density at radius 3 is 2.00 bits per heavy atom. The summed E-state index contributed by atoms with van der Waals surface area (Å²) in [6.07, 6.45) is 12.8. The lowest BCUT2D eigenvalue weighted by Crippen LogP contribution is -2.42. The molecule has 0 aromatic rings. The zero-order valence-corrected chi connectivity index (χ0v) is 20.4. The third-order valence-electron chi connectivity index (χ3n) is 6.83. The van der Waals surface area contributed by atoms with E-state index >= 15 is 0 Å². The molecule has 3 N–H and O–H groups in total. The van der Waals surface area contributed by atoms with Crippen LogP contribution < -0.4 is 5.14 Å². The molecular weight excluding hydrogens is 386 g/mol. The maximum absolute atomic E-state index is 11.9. The summed E-state index contributed by atoms with van der Waals surface area (Å²) in [5, 5.41) is 14.4. The topological polar surface area (TPSA) is 89.6 Å². The predicted octanol–water partition coefficient (Wildman–Crippen LogP) is 5.41. The van der Waals surface area contributed by atoms with Crippen LogP contribution in [0.1, 0.15) is 111 Å². The fourth-order valence-corrected chi connectivity index (χ4v) is 5.56. The van der Waals surface area contributed by atoms with Crippen molar-refractivity contribution in [1.82, 2.24) is 0 Å². The van der Waals surface area contributed by atoms with Crippen LogP contribution >= 0.6 is 0 Å². The van der Waals surface area contributed by atoms with Gasteiger partial charge in [-0.1, -0.05) is 59.8 Å². The second-order valence-corrected chi connectivity index (χ2v) is 10.6. The molecule has 0 aromatic heterocycles. The number of primary sulfonamides is 1. The van der Waals surface area contributed by atoms with Gasteiger partial charge in [0.05, 0.1) is 4.75 Å². The zero-order chi connectivity index (χ0) is 22.2. The summed E-state index contributed by atoms with van der Waals surface area (Å²) in [4.78, 5) is 0. The van der Waals surface area contributed by atoms with E-state index in [0.717, 1.165) is 44.6 Å². The first-order valence-corrected chi connectivity index (χ1v) is 13.6. The minimum Gasteiger partial charge on any atom is -0.396 e. The molecule has 5 nitrogen and oxygen atoms in total. The Bertz CT molecular complexity index is 477. The van der Waals surface area contributed by atoms with E-state index in [0.29, 0.717) is 38.4 Å². The highest BCUT2D eigenvalue weighted by molar-refractivity contribution is 7.90. The normalized spacial score (nSPS) is 14.8. The molecule has 0 saturated carbocycles. The van der Waals surface area contributed by atoms with E-state index < -0.39 is 14.8 Å². The van der Waals surface area contributed by atoms with Crippen LogP contribution in [0.4, 0.5) is 0 Å². The molecule has 2 unspecified atom stereocenters. The number of ether oxygens (including phenoxy) is 1. The SMILES string of the molecule is CCC(CCCCCO)CC(CC)CCOCCCCC(CC)(CC)S(N)(=O)=O. The van der Waals surface area contributed by atoms with Gasteiger partial charge < -0.3 is 9.84 Å². The van der Waals surface area contributed by atoms with Gasteiger partial charge in [-0.15, -0.1) is 0 Å². The van der Waals surface area contributed by atoms with Crippen LogP contribution in [-0.2, 0) is 14.8 Å². The number of nitrogens with two attached hydrogens (primary N) is 1. The lowest BCUT2D eigenvalue weighted by Gasteiger charge is -2.29. The number of unbranched alkanes of at least 4 members (excludes halogenated alkanes) is 3. The van der Waals surface area contributed by atoms with E-state index in [4.69, 9.17) is 15.0 Å². The van der Waals surface area contributed by atoms with Crippen molar-refractivity contribution in [3.8, 4) is 0 Å². The Labute approximate surface area is 181 Å². The molecule has 2 atom stereocenters. The molecule has 0 aliphatic heterocycles. The van der Waals surface area contributed by atoms with E-state index in [-0.39, 0.29) is 0 Å². The van der Waals surface area contributed by atoms with E-state index in [9.17, 15) is 8.42 Å². The summed E-state index contributed by atoms with van der Waals surface area (Å²) < 4.78 is 29.0. The van der Waals surface area contributed by atoms with Crippen LogP contribution in [0.15, 0.2) is 0 Å². The van der Waals surface area contributed by atoms with Gasteiger partial charge in [0.15, 0.2) is 0 Å². The molecular formula is C23H49NO4S. The van der Waals surface area contributed by atoms with Crippen molar-refractivity contribution < 1.29 is 18.3 Å². The van der Waals surface area contributed by atoms with E-state index in [1.54, 1.807) is 0 Å². The molecule has 0 radical (unpaired) electrons. The minimum atomic E-state index is -3.52. The molecule has 0 rings (SSSR count). The van der Waals surface area contributed by atoms with Crippen LogP contribution in [0, 0.1) is 11.8 Å². The standard InChI is InChI=1S/C23H49NO4S/c1-5-21(14-10-9-12-17-25)20-22(6-2)15-19-28-18-13-11-16-23(7-3,8-4)29(24,26)27/h21-22,25H,5-20H2,1-4H3,(H2,24,26,27). The molecule has 0 saturated heterocycles. The smallest absolute Gasteiger partial charge is 0.214 e. The van der Waals surface area contributed by atoms with Crippen molar-refractivity contribution in [2.75, 3.05) is 19.8 Å². The monoisotopic (exact) mass is 435 g/mol. The van der Waals surface area contributed by atoms with Crippen LogP contribution in [0.5, 0.6) is 0 Å². The largest absolute Gasteiger partial charge is 0.396 e. The molecule has 0 heterocycles. The van der Waals surface area contributed by atoms with Gasteiger partial charge in [-0.05, 0) is 63.2 Å². The molecule has 0 bridgehead atoms. The average Bonchev–Trinajstić information content (AvgIpc) is 2.70. The highest BCUT2D eigenvalue weighted by atomic mass is 32.2. The molecule has 0 aromatic carbocycles. The Morgan fingerprint density at radius 1 is 0.862 bits per heavy atom. The van der Waals surface area contributed by atoms with E-state index in [1.165, 1.54) is 32.1 Å². The number of sulfonamides is 1. The summed E-state index contributed by atoms with van der Waals surface area (Å²) in [6, 6.07) is 0. The third kappa shape index (κ3) is 11.7. The number of rotatable bonds is 20. The molecule has 29 heavy (non-hydrogen) atoms. The second kappa shape index (κ2) is 16.5. The zero-order valence-electron chi connectivity index (χ0n) is 19.6. The van der Waals surface area contributed by atoms with Gasteiger partial charge in [0, 0.05) is 19.8 Å². The van der Waals surface area contributed by atoms with Gasteiger partial charge in [0.25, 0.3) is 0 Å². The third-order valence-corrected chi connectivity index (χ3v) is 8.81. The molecule has 0 amide bonds. The van der Waals surface area contributed by atoms with E-state index in [1.807, 2.05) is 13.8 Å². The number of hydrogen-bond acceptors (Lipinski definition) is 4. The Morgan fingerprint density at radius 2 is 1.48 bits per heavy atom. The number of hydrogen-bond donors (Lipinski definition) is 2. The van der Waals surface area contributed by atoms with Crippen LogP contribution in [-0.4, -0.2) is 38.1 Å². The molecule has 0 aliphatic carbocycles. The highest BCUT2D eigenvalue weighted by Crippen LogP contribution is 2.30. The quantitative estimate of drug-likeness (QED) is 0.250. The Balaban J connectivity index is 4.06. The fourth-order valence-electron chi connectivity index (χ4n) is 4.32. The molecule has 6 heteroatoms. The Hall–Kier alpha value is -0.170. The van der Waals surface area contributed by atoms with Crippen LogP contribution in [0.25, 0.3) is 0 Å². The maximum atomic E-state index is 11.9. The van der Waals surface area contributed by atoms with Gasteiger partial charge in [0.1, 0.15) is 0 Å². The van der Waals surface area contributed by atoms with Crippen LogP contribution in [0.2, 0.25) is 0 Å². The maximum Gasteiger partial charge on any atom is 0.214 e. The Kier molecular flexibility index (Phi) is 16.4. The number of aliphatic hydroxyl groups is 1. The summed E-state index contributed by atoms with van der Waals surface area (Å²) in [6.45, 7) is 10.2. The first-order chi connectivity index (χ1) is 13.8. The van der Waals surface area contributed by atoms with Crippen LogP contribution in [0.3, 0.4) is 0 Å². The summed E-state index contributed by atoms with van der Waals surface area (Å²) in [5.41, 5.74) is 0. The van der Waals surface area contributed by atoms with Crippen molar-refractivity contribution in [2.24, 2.45) is 17.0 Å². The first-order valence-electron chi connectivity index (χ1n) is 12.0. The van der Waals surface area contributed by atoms with Gasteiger partial charge in [-0.3, -0.25) is 0 Å². The molecule has 0 aliphatic rings. The highest BCUT2D eigenvalue weighted by Gasteiger charge is 2.37. The van der Waals surface area contributed by atoms with Gasteiger partial charge in [-0.2, -0.15) is 0 Å². The predicted molar refractivity (Wildman–Crippen MR) is 123 cm³/mol. The fraction of sp³-hybridized carbons (Fsp3) is 1.00. The molecule has 176 valence electrons. The minimum absolute atomic E-state index is 0.311. The van der Waals surface area contributed by atoms with Crippen molar-refractivity contribution in [3.05, 3.63) is 0 Å². The van der Waals surface area contributed by atoms with Crippen molar-refractivity contribution in [3.63, 3.8) is 0 Å². The van der Waals surface area contributed by atoms with Gasteiger partial charge in [-0.25, -0.2) is 13.6 Å². The lowest BCUT2D eigenvalue weighted by atomic mass is 9.86. The average molecular weight is 436 g/mol. The number of aliphatic hydroxyl groups excluding tert-OH is 1. The van der Waals surface area contributed by atoms with Gasteiger partial charge >= 0.3 is 0 Å². The summed E-state index contributed by atoms with van der Waals surface area (Å²) in [7, 11) is -3.52. The summed E-state index contributed by atoms with van der Waals surface area (Å²) >= 11 is 0. The summed E-state index contributed by atoms with van der Waals surface area (Å²) in [5.74, 6) is 1.50. The first kappa shape index (κ1) is 28.8. The molecule has 0 fully saturated rings. The van der Waals surface area contributed by atoms with E-state index in [2.05, 4.69) is 13.8 Å². The second-order valence-electron chi connectivity index (χ2n) is 8.65. The lowest BCUT2D eigenvalue weighted by molar-refractivity contribution is 0.110. The van der Waals surface area contributed by atoms with Gasteiger partial charge in [0.2, 0.25) is 10.0 Å². The van der Waals surface area contributed by atoms with Crippen molar-refractivity contribution in [2.45, 2.75) is 116 Å².